The highest BCUT2D eigenvalue weighted by atomic mass is 32.1. The lowest BCUT2D eigenvalue weighted by atomic mass is 10.2. The van der Waals surface area contributed by atoms with Crippen molar-refractivity contribution in [3.05, 3.63) is 35.5 Å². The summed E-state index contributed by atoms with van der Waals surface area (Å²) < 4.78 is 6.53. The fourth-order valence-electron chi connectivity index (χ4n) is 2.64. The van der Waals surface area contributed by atoms with Crippen LogP contribution in [0, 0.1) is 6.92 Å². The van der Waals surface area contributed by atoms with E-state index >= 15 is 0 Å². The maximum Gasteiger partial charge on any atom is 0.161 e. The van der Waals surface area contributed by atoms with Crippen LogP contribution < -0.4 is 4.90 Å². The van der Waals surface area contributed by atoms with Gasteiger partial charge in [-0.1, -0.05) is 0 Å². The van der Waals surface area contributed by atoms with Crippen LogP contribution in [0.2, 0.25) is 0 Å². The molecule has 22 heavy (non-hydrogen) atoms. The van der Waals surface area contributed by atoms with Gasteiger partial charge in [0.25, 0.3) is 0 Å². The Morgan fingerprint density at radius 1 is 1.14 bits per heavy atom. The van der Waals surface area contributed by atoms with Crippen LogP contribution in [0.5, 0.6) is 0 Å². The van der Waals surface area contributed by atoms with Gasteiger partial charge in [-0.15, -0.1) is 11.3 Å². The number of aryl methyl sites for hydroxylation is 1. The maximum absolute atomic E-state index is 5.37. The van der Waals surface area contributed by atoms with E-state index in [1.165, 1.54) is 0 Å². The van der Waals surface area contributed by atoms with E-state index in [0.29, 0.717) is 0 Å². The standard InChI is InChI=1S/C16H16N4OS/c1-11-15-13(4-9-22-15)19-16(18-11)12-2-3-14(17-10-12)20-5-7-21-8-6-20/h2-4,9-10H,5-8H2,1H3. The molecule has 1 fully saturated rings. The van der Waals surface area contributed by atoms with Crippen molar-refractivity contribution in [2.45, 2.75) is 6.92 Å². The Morgan fingerprint density at radius 2 is 2.00 bits per heavy atom. The van der Waals surface area contributed by atoms with E-state index in [-0.39, 0.29) is 0 Å². The molecule has 0 saturated carbocycles. The first kappa shape index (κ1) is 13.6. The van der Waals surface area contributed by atoms with Gasteiger partial charge in [-0.25, -0.2) is 15.0 Å². The highest BCUT2D eigenvalue weighted by molar-refractivity contribution is 7.17. The van der Waals surface area contributed by atoms with Gasteiger partial charge in [-0.2, -0.15) is 0 Å². The Hall–Kier alpha value is -2.05. The fraction of sp³-hybridized carbons (Fsp3) is 0.312. The van der Waals surface area contributed by atoms with Crippen LogP contribution >= 0.6 is 11.3 Å². The molecular formula is C16H16N4OS. The first-order valence-corrected chi connectivity index (χ1v) is 8.20. The molecular weight excluding hydrogens is 296 g/mol. The quantitative estimate of drug-likeness (QED) is 0.728. The van der Waals surface area contributed by atoms with Gasteiger partial charge in [0.15, 0.2) is 5.82 Å². The lowest BCUT2D eigenvalue weighted by Gasteiger charge is -2.27. The summed E-state index contributed by atoms with van der Waals surface area (Å²) in [5.41, 5.74) is 2.98. The third-order valence-electron chi connectivity index (χ3n) is 3.81. The predicted molar refractivity (Wildman–Crippen MR) is 88.4 cm³/mol. The number of thiophene rings is 1. The molecule has 0 atom stereocenters. The summed E-state index contributed by atoms with van der Waals surface area (Å²) in [6.45, 7) is 5.34. The van der Waals surface area contributed by atoms with E-state index in [9.17, 15) is 0 Å². The minimum Gasteiger partial charge on any atom is -0.378 e. The van der Waals surface area contributed by atoms with Crippen LogP contribution in [0.15, 0.2) is 29.8 Å². The highest BCUT2D eigenvalue weighted by Gasteiger charge is 2.13. The van der Waals surface area contributed by atoms with Crippen molar-refractivity contribution in [2.24, 2.45) is 0 Å². The van der Waals surface area contributed by atoms with Crippen molar-refractivity contribution in [3.63, 3.8) is 0 Å². The van der Waals surface area contributed by atoms with Crippen molar-refractivity contribution in [1.82, 2.24) is 15.0 Å². The zero-order chi connectivity index (χ0) is 14.9. The number of pyridine rings is 1. The van der Waals surface area contributed by atoms with Crippen molar-refractivity contribution in [3.8, 4) is 11.4 Å². The van der Waals surface area contributed by atoms with Crippen molar-refractivity contribution < 1.29 is 4.74 Å². The Balaban J connectivity index is 1.66. The molecule has 3 aromatic rings. The summed E-state index contributed by atoms with van der Waals surface area (Å²) in [5, 5.41) is 2.05. The lowest BCUT2D eigenvalue weighted by Crippen LogP contribution is -2.36. The Morgan fingerprint density at radius 3 is 2.77 bits per heavy atom. The van der Waals surface area contributed by atoms with Crippen molar-refractivity contribution >= 4 is 27.4 Å². The monoisotopic (exact) mass is 312 g/mol. The molecule has 0 bridgehead atoms. The second kappa shape index (κ2) is 5.62. The van der Waals surface area contributed by atoms with Crippen LogP contribution in [-0.4, -0.2) is 41.3 Å². The number of aromatic nitrogens is 3. The molecule has 0 radical (unpaired) electrons. The number of morpholine rings is 1. The number of hydrogen-bond acceptors (Lipinski definition) is 6. The second-order valence-electron chi connectivity index (χ2n) is 5.27. The fourth-order valence-corrected chi connectivity index (χ4v) is 3.42. The van der Waals surface area contributed by atoms with Gasteiger partial charge in [-0.3, -0.25) is 0 Å². The van der Waals surface area contributed by atoms with Crippen molar-refractivity contribution in [1.29, 1.82) is 0 Å². The molecule has 4 rings (SSSR count). The van der Waals surface area contributed by atoms with E-state index in [2.05, 4.69) is 25.2 Å². The van der Waals surface area contributed by atoms with E-state index < -0.39 is 0 Å². The van der Waals surface area contributed by atoms with Crippen molar-refractivity contribution in [2.75, 3.05) is 31.2 Å². The lowest BCUT2D eigenvalue weighted by molar-refractivity contribution is 0.122. The van der Waals surface area contributed by atoms with E-state index in [0.717, 1.165) is 59.4 Å². The van der Waals surface area contributed by atoms with Crippen LogP contribution in [0.25, 0.3) is 21.6 Å². The highest BCUT2D eigenvalue weighted by Crippen LogP contribution is 2.25. The topological polar surface area (TPSA) is 51.1 Å². The number of fused-ring (bicyclic) bond motifs is 1. The van der Waals surface area contributed by atoms with Gasteiger partial charge in [-0.05, 0) is 30.5 Å². The number of ether oxygens (including phenoxy) is 1. The molecule has 0 unspecified atom stereocenters. The SMILES string of the molecule is Cc1nc(-c2ccc(N3CCOCC3)nc2)nc2ccsc12. The molecule has 1 saturated heterocycles. The molecule has 0 amide bonds. The summed E-state index contributed by atoms with van der Waals surface area (Å²) in [5.74, 6) is 1.73. The smallest absolute Gasteiger partial charge is 0.161 e. The number of anilines is 1. The first-order valence-electron chi connectivity index (χ1n) is 7.32. The van der Waals surface area contributed by atoms with Crippen LogP contribution in [-0.2, 0) is 4.74 Å². The van der Waals surface area contributed by atoms with E-state index in [1.54, 1.807) is 11.3 Å². The van der Waals surface area contributed by atoms with Gasteiger partial charge >= 0.3 is 0 Å². The van der Waals surface area contributed by atoms with Gasteiger partial charge in [0, 0.05) is 24.8 Å². The third kappa shape index (κ3) is 2.44. The van der Waals surface area contributed by atoms with Crippen LogP contribution in [0.3, 0.4) is 0 Å². The number of rotatable bonds is 2. The predicted octanol–water partition coefficient (Wildman–Crippen LogP) is 2.90. The molecule has 0 aromatic carbocycles. The molecule has 3 aromatic heterocycles. The Bertz CT molecular complexity index is 794. The molecule has 5 nitrogen and oxygen atoms in total. The molecule has 112 valence electrons. The third-order valence-corrected chi connectivity index (χ3v) is 4.83. The minimum atomic E-state index is 0.740. The number of hydrogen-bond donors (Lipinski definition) is 0. The van der Waals surface area contributed by atoms with Gasteiger partial charge in [0.1, 0.15) is 5.82 Å². The molecule has 4 heterocycles. The average Bonchev–Trinajstić information content (AvgIpc) is 3.05. The largest absolute Gasteiger partial charge is 0.378 e. The first-order chi connectivity index (χ1) is 10.8. The van der Waals surface area contributed by atoms with Crippen LogP contribution in [0.4, 0.5) is 5.82 Å². The summed E-state index contributed by atoms with van der Waals surface area (Å²) >= 11 is 1.68. The summed E-state index contributed by atoms with van der Waals surface area (Å²) in [7, 11) is 0. The average molecular weight is 312 g/mol. The van der Waals surface area contributed by atoms with E-state index in [1.807, 2.05) is 31.3 Å². The normalized spacial score (nSPS) is 15.4. The Labute approximate surface area is 132 Å². The zero-order valence-electron chi connectivity index (χ0n) is 12.3. The van der Waals surface area contributed by atoms with Gasteiger partial charge in [0.2, 0.25) is 0 Å². The summed E-state index contributed by atoms with van der Waals surface area (Å²) in [6, 6.07) is 6.12. The zero-order valence-corrected chi connectivity index (χ0v) is 13.1. The van der Waals surface area contributed by atoms with Gasteiger partial charge < -0.3 is 9.64 Å². The minimum absolute atomic E-state index is 0.740. The summed E-state index contributed by atoms with van der Waals surface area (Å²) in [4.78, 5) is 16.1. The second-order valence-corrected chi connectivity index (χ2v) is 6.19. The summed E-state index contributed by atoms with van der Waals surface area (Å²) in [6.07, 6.45) is 1.86. The Kier molecular flexibility index (Phi) is 3.48. The molecule has 1 aliphatic heterocycles. The molecule has 0 spiro atoms. The molecule has 0 aliphatic carbocycles. The molecule has 1 aliphatic rings. The number of nitrogens with zero attached hydrogens (tertiary/aromatic N) is 4. The maximum atomic E-state index is 5.37. The van der Waals surface area contributed by atoms with Crippen LogP contribution in [0.1, 0.15) is 5.69 Å². The van der Waals surface area contributed by atoms with Gasteiger partial charge in [0.05, 0.1) is 29.1 Å². The molecule has 0 N–H and O–H groups in total. The van der Waals surface area contributed by atoms with E-state index in [4.69, 9.17) is 4.74 Å². The molecule has 6 heteroatoms.